The van der Waals surface area contributed by atoms with E-state index >= 15 is 0 Å². The number of amides is 1. The molecule has 0 saturated heterocycles. The predicted molar refractivity (Wildman–Crippen MR) is 71.7 cm³/mol. The van der Waals surface area contributed by atoms with Gasteiger partial charge in [0.25, 0.3) is 0 Å². The summed E-state index contributed by atoms with van der Waals surface area (Å²) in [5, 5.41) is 13.6. The monoisotopic (exact) mass is 319 g/mol. The normalized spacial score (nSPS) is 12.3. The van der Waals surface area contributed by atoms with E-state index in [-0.39, 0.29) is 13.1 Å². The van der Waals surface area contributed by atoms with Gasteiger partial charge in [0.2, 0.25) is 5.91 Å². The molecule has 1 unspecified atom stereocenters. The maximum absolute atomic E-state index is 12.0. The summed E-state index contributed by atoms with van der Waals surface area (Å²) in [6, 6.07) is 8.27. The Morgan fingerprint density at radius 3 is 2.43 bits per heavy atom. The van der Waals surface area contributed by atoms with Crippen molar-refractivity contribution in [3.63, 3.8) is 0 Å². The zero-order chi connectivity index (χ0) is 15.9. The summed E-state index contributed by atoms with van der Waals surface area (Å²) in [6.45, 7) is -0.454. The summed E-state index contributed by atoms with van der Waals surface area (Å²) in [4.78, 5) is 11.4. The summed E-state index contributed by atoms with van der Waals surface area (Å²) in [7, 11) is -2.96. The van der Waals surface area contributed by atoms with Gasteiger partial charge in [0.15, 0.2) is 0 Å². The lowest BCUT2D eigenvalue weighted by Gasteiger charge is -2.09. The van der Waals surface area contributed by atoms with Crippen molar-refractivity contribution in [1.29, 1.82) is 5.26 Å². The van der Waals surface area contributed by atoms with E-state index in [4.69, 9.17) is 5.26 Å². The van der Waals surface area contributed by atoms with Gasteiger partial charge in [0.1, 0.15) is 10.8 Å². The first kappa shape index (κ1) is 17.0. The number of halogens is 3. The van der Waals surface area contributed by atoms with Crippen LogP contribution in [0.4, 0.5) is 18.9 Å². The van der Waals surface area contributed by atoms with Crippen LogP contribution in [0, 0.1) is 11.3 Å². The summed E-state index contributed by atoms with van der Waals surface area (Å²) in [5.41, 5.74) is -3.69. The van der Waals surface area contributed by atoms with Crippen LogP contribution >= 0.6 is 0 Å². The molecule has 9 heteroatoms. The molecule has 0 aliphatic rings. The van der Waals surface area contributed by atoms with E-state index in [1.807, 2.05) is 6.07 Å². The summed E-state index contributed by atoms with van der Waals surface area (Å²) in [6.07, 6.45) is 0. The molecule has 0 bridgehead atoms. The minimum atomic E-state index is -4.76. The molecule has 0 aromatic heterocycles. The fourth-order valence-electron chi connectivity index (χ4n) is 1.31. The molecule has 1 aromatic rings. The van der Waals surface area contributed by atoms with Gasteiger partial charge in [-0.3, -0.25) is 9.00 Å². The van der Waals surface area contributed by atoms with Crippen molar-refractivity contribution in [3.8, 4) is 6.07 Å². The van der Waals surface area contributed by atoms with Crippen molar-refractivity contribution in [3.05, 3.63) is 29.8 Å². The Hall–Kier alpha value is -2.08. The average molecular weight is 319 g/mol. The van der Waals surface area contributed by atoms with E-state index in [9.17, 15) is 22.2 Å². The quantitative estimate of drug-likeness (QED) is 0.829. The number of nitriles is 1. The number of anilines is 1. The van der Waals surface area contributed by atoms with Gasteiger partial charge in [-0.05, 0) is 24.3 Å². The zero-order valence-corrected chi connectivity index (χ0v) is 11.6. The largest absolute Gasteiger partial charge is 0.471 e. The van der Waals surface area contributed by atoms with Crippen LogP contribution in [-0.4, -0.2) is 34.5 Å². The molecule has 0 saturated carbocycles. The molecule has 0 aliphatic heterocycles. The third-order valence-electron chi connectivity index (χ3n) is 2.33. The molecule has 2 N–H and O–H groups in total. The Kier molecular flexibility index (Phi) is 6.17. The molecule has 21 heavy (non-hydrogen) atoms. The van der Waals surface area contributed by atoms with Crippen molar-refractivity contribution in [2.24, 2.45) is 0 Å². The molecule has 1 atom stereocenters. The summed E-state index contributed by atoms with van der Waals surface area (Å²) >= 11 is 0. The van der Waals surface area contributed by atoms with Crippen molar-refractivity contribution < 1.29 is 22.2 Å². The Balaban J connectivity index is 2.28. The Bertz CT molecular complexity index is 552. The number of carbonyl (C=O) groups is 1. The third kappa shape index (κ3) is 6.27. The highest BCUT2D eigenvalue weighted by atomic mass is 32.2. The maximum Gasteiger partial charge on any atom is 0.471 e. The molecule has 0 spiro atoms. The topological polar surface area (TPSA) is 82.0 Å². The van der Waals surface area contributed by atoms with Gasteiger partial charge in [0.05, 0.1) is 18.2 Å². The molecule has 5 nitrogen and oxygen atoms in total. The smallest absolute Gasteiger partial charge is 0.376 e. The first-order valence-corrected chi connectivity index (χ1v) is 7.11. The maximum atomic E-state index is 12.0. The lowest BCUT2D eigenvalue weighted by molar-refractivity contribution is -0.119. The molecule has 1 rings (SSSR count). The van der Waals surface area contributed by atoms with Crippen LogP contribution in [0.15, 0.2) is 24.3 Å². The Labute approximate surface area is 121 Å². The zero-order valence-electron chi connectivity index (χ0n) is 10.7. The van der Waals surface area contributed by atoms with Gasteiger partial charge in [-0.1, -0.05) is 0 Å². The molecule has 0 fully saturated rings. The lowest BCUT2D eigenvalue weighted by atomic mass is 10.2. The Morgan fingerprint density at radius 1 is 1.29 bits per heavy atom. The van der Waals surface area contributed by atoms with E-state index in [0.717, 1.165) is 0 Å². The van der Waals surface area contributed by atoms with E-state index in [2.05, 4.69) is 10.6 Å². The van der Waals surface area contributed by atoms with Gasteiger partial charge in [-0.2, -0.15) is 18.4 Å². The molecule has 1 aromatic carbocycles. The number of hydrogen-bond donors (Lipinski definition) is 2. The van der Waals surface area contributed by atoms with Crippen LogP contribution in [0.25, 0.3) is 0 Å². The highest BCUT2D eigenvalue weighted by molar-refractivity contribution is 7.85. The van der Waals surface area contributed by atoms with Crippen molar-refractivity contribution in [1.82, 2.24) is 5.32 Å². The molecule has 114 valence electrons. The first-order valence-electron chi connectivity index (χ1n) is 5.79. The highest BCUT2D eigenvalue weighted by Crippen LogP contribution is 2.19. The van der Waals surface area contributed by atoms with Crippen molar-refractivity contribution in [2.75, 3.05) is 24.2 Å². The Morgan fingerprint density at radius 2 is 1.90 bits per heavy atom. The first-order chi connectivity index (χ1) is 9.82. The molecular formula is C12H12F3N3O2S. The van der Waals surface area contributed by atoms with Crippen LogP contribution in [0.5, 0.6) is 0 Å². The van der Waals surface area contributed by atoms with Crippen molar-refractivity contribution >= 4 is 22.4 Å². The van der Waals surface area contributed by atoms with Crippen molar-refractivity contribution in [2.45, 2.75) is 5.51 Å². The second-order valence-corrected chi connectivity index (χ2v) is 5.45. The average Bonchev–Trinajstić information content (AvgIpc) is 2.44. The van der Waals surface area contributed by atoms with Gasteiger partial charge in [-0.15, -0.1) is 0 Å². The number of benzene rings is 1. The number of nitrogens with zero attached hydrogens (tertiary/aromatic N) is 1. The van der Waals surface area contributed by atoms with Gasteiger partial charge in [-0.25, -0.2) is 0 Å². The van der Waals surface area contributed by atoms with Crippen LogP contribution in [0.3, 0.4) is 0 Å². The second-order valence-electron chi connectivity index (χ2n) is 3.89. The molecule has 0 heterocycles. The van der Waals surface area contributed by atoms with Crippen LogP contribution in [-0.2, 0) is 15.6 Å². The fourth-order valence-corrected chi connectivity index (χ4v) is 1.83. The summed E-state index contributed by atoms with van der Waals surface area (Å²) < 4.78 is 46.5. The van der Waals surface area contributed by atoms with Crippen LogP contribution < -0.4 is 10.6 Å². The molecule has 0 radical (unpaired) electrons. The number of nitrogens with one attached hydrogen (secondary N) is 2. The molecule has 1 amide bonds. The fraction of sp³-hybridized carbons (Fsp3) is 0.333. The predicted octanol–water partition coefficient (Wildman–Crippen LogP) is 1.35. The SMILES string of the molecule is N#Cc1ccc(NCC(=O)NCCS(=O)C(F)(F)F)cc1. The minimum absolute atomic E-state index is 0.134. The molecular weight excluding hydrogens is 307 g/mol. The van der Waals surface area contributed by atoms with Gasteiger partial charge < -0.3 is 10.6 Å². The van der Waals surface area contributed by atoms with E-state index in [1.54, 1.807) is 24.3 Å². The highest BCUT2D eigenvalue weighted by Gasteiger charge is 2.36. The standard InChI is InChI=1S/C12H12F3N3O2S/c13-12(14,15)21(20)6-5-17-11(19)8-18-10-3-1-9(7-16)2-4-10/h1-4,18H,5-6,8H2,(H,17,19). The summed E-state index contributed by atoms with van der Waals surface area (Å²) in [5.74, 6) is -1.19. The number of alkyl halides is 3. The van der Waals surface area contributed by atoms with Crippen LogP contribution in [0.2, 0.25) is 0 Å². The molecule has 0 aliphatic carbocycles. The van der Waals surface area contributed by atoms with E-state index < -0.39 is 28.0 Å². The van der Waals surface area contributed by atoms with Gasteiger partial charge >= 0.3 is 5.51 Å². The minimum Gasteiger partial charge on any atom is -0.376 e. The second kappa shape index (κ2) is 7.64. The lowest BCUT2D eigenvalue weighted by Crippen LogP contribution is -2.34. The number of rotatable bonds is 6. The van der Waals surface area contributed by atoms with E-state index in [0.29, 0.717) is 11.3 Å². The van der Waals surface area contributed by atoms with E-state index in [1.165, 1.54) is 0 Å². The number of hydrogen-bond acceptors (Lipinski definition) is 4. The third-order valence-corrected chi connectivity index (χ3v) is 3.43. The van der Waals surface area contributed by atoms with Crippen LogP contribution in [0.1, 0.15) is 5.56 Å². The number of carbonyl (C=O) groups excluding carboxylic acids is 1. The van der Waals surface area contributed by atoms with Gasteiger partial charge in [0, 0.05) is 18.0 Å².